The maximum Gasteiger partial charge on any atom is 0.245 e. The van der Waals surface area contributed by atoms with Crippen LogP contribution in [-0.4, -0.2) is 37.1 Å². The lowest BCUT2D eigenvalue weighted by atomic mass is 10.3. The van der Waals surface area contributed by atoms with Crippen LogP contribution >= 0.6 is 0 Å². The number of anilines is 4. The summed E-state index contributed by atoms with van der Waals surface area (Å²) in [5.74, 6) is 0.448. The minimum atomic E-state index is -3.83. The topological polar surface area (TPSA) is 209 Å². The van der Waals surface area contributed by atoms with Gasteiger partial charge in [-0.2, -0.15) is 0 Å². The van der Waals surface area contributed by atoms with Crippen LogP contribution < -0.4 is 20.9 Å². The van der Waals surface area contributed by atoms with Gasteiger partial charge >= 0.3 is 0 Å². The first-order valence-electron chi connectivity index (χ1n) is 8.40. The number of benzene rings is 2. The smallest absolute Gasteiger partial charge is 0.245 e. The molecule has 0 fully saturated rings. The molecule has 4 aromatic rings. The summed E-state index contributed by atoms with van der Waals surface area (Å²) in [5.41, 5.74) is 1.26. The van der Waals surface area contributed by atoms with Gasteiger partial charge in [-0.15, -0.1) is 0 Å². The van der Waals surface area contributed by atoms with E-state index in [0.717, 1.165) is 0 Å². The van der Waals surface area contributed by atoms with Gasteiger partial charge in [-0.25, -0.2) is 41.7 Å². The van der Waals surface area contributed by atoms with Gasteiger partial charge in [-0.3, -0.25) is 0 Å². The molecular formula is C16H14N8O5S2. The van der Waals surface area contributed by atoms with Crippen LogP contribution in [0, 0.1) is 0 Å². The molecule has 6 N–H and O–H groups in total. The first-order chi connectivity index (χ1) is 14.6. The van der Waals surface area contributed by atoms with Crippen molar-refractivity contribution in [3.63, 3.8) is 0 Å². The highest BCUT2D eigenvalue weighted by molar-refractivity contribution is 7.89. The number of hydrogen-bond donors (Lipinski definition) is 4. The molecule has 0 aliphatic rings. The number of aromatic nitrogens is 4. The number of sulfonamides is 2. The Bertz CT molecular complexity index is 1360. The third kappa shape index (κ3) is 4.58. The van der Waals surface area contributed by atoms with Crippen LogP contribution in [0.3, 0.4) is 0 Å². The van der Waals surface area contributed by atoms with Gasteiger partial charge in [0.1, 0.15) is 0 Å². The van der Waals surface area contributed by atoms with Crippen LogP contribution in [-0.2, 0) is 20.0 Å². The van der Waals surface area contributed by atoms with Crippen molar-refractivity contribution in [2.75, 3.05) is 10.6 Å². The zero-order valence-electron chi connectivity index (χ0n) is 15.4. The number of nitrogens with one attached hydrogen (secondary N) is 2. The zero-order chi connectivity index (χ0) is 22.2. The van der Waals surface area contributed by atoms with Crippen LogP contribution in [0.25, 0.3) is 11.3 Å². The van der Waals surface area contributed by atoms with E-state index in [-0.39, 0.29) is 32.7 Å². The summed E-state index contributed by atoms with van der Waals surface area (Å²) in [7, 11) is -7.65. The number of nitrogens with two attached hydrogens (primary N) is 2. The predicted octanol–water partition coefficient (Wildman–Crippen LogP) is 0.795. The van der Waals surface area contributed by atoms with Crippen LogP contribution in [0.4, 0.5) is 23.0 Å². The fourth-order valence-electron chi connectivity index (χ4n) is 2.54. The van der Waals surface area contributed by atoms with Crippen molar-refractivity contribution in [3.05, 3.63) is 48.5 Å². The molecule has 15 heteroatoms. The molecule has 0 aliphatic carbocycles. The molecule has 0 saturated heterocycles. The summed E-state index contributed by atoms with van der Waals surface area (Å²) in [6.45, 7) is 0. The summed E-state index contributed by atoms with van der Waals surface area (Å²) in [4.78, 5) is 8.49. The predicted molar refractivity (Wildman–Crippen MR) is 110 cm³/mol. The van der Waals surface area contributed by atoms with Gasteiger partial charge in [-0.05, 0) is 58.8 Å². The monoisotopic (exact) mass is 462 g/mol. The van der Waals surface area contributed by atoms with Crippen molar-refractivity contribution in [1.82, 2.24) is 20.3 Å². The molecule has 0 atom stereocenters. The lowest BCUT2D eigenvalue weighted by molar-refractivity contribution is 0.314. The highest BCUT2D eigenvalue weighted by Gasteiger charge is 2.15. The minimum absolute atomic E-state index is 0.0476. The summed E-state index contributed by atoms with van der Waals surface area (Å²) < 4.78 is 50.3. The standard InChI is InChI=1S/C16H14N8O5S2/c17-30(25,26)11-5-1-9(2-6-11)19-13-14(22-16-15(21-13)23-29-24-16)20-10-3-7-12(8-4-10)31(18,27)28/h1-8H,(H2,17,25,26)(H2,18,27,28)(H,19,21,23)(H,20,22,24). The van der Waals surface area contributed by atoms with Crippen molar-refractivity contribution in [1.29, 1.82) is 0 Å². The van der Waals surface area contributed by atoms with Gasteiger partial charge in [0.15, 0.2) is 11.6 Å². The van der Waals surface area contributed by atoms with Crippen molar-refractivity contribution < 1.29 is 21.5 Å². The number of rotatable bonds is 6. The summed E-state index contributed by atoms with van der Waals surface area (Å²) >= 11 is 0. The summed E-state index contributed by atoms with van der Waals surface area (Å²) in [5, 5.41) is 23.5. The van der Waals surface area contributed by atoms with E-state index in [4.69, 9.17) is 10.3 Å². The van der Waals surface area contributed by atoms with Gasteiger partial charge in [0.25, 0.3) is 0 Å². The number of fused-ring (bicyclic) bond motifs is 1. The van der Waals surface area contributed by atoms with Crippen LogP contribution in [0.1, 0.15) is 0 Å². The van der Waals surface area contributed by atoms with Gasteiger partial charge in [0.05, 0.1) is 9.79 Å². The Labute approximate surface area is 175 Å². The molecule has 0 unspecified atom stereocenters. The third-order valence-corrected chi connectivity index (χ3v) is 5.86. The van der Waals surface area contributed by atoms with Crippen molar-refractivity contribution >= 4 is 54.4 Å². The van der Waals surface area contributed by atoms with Gasteiger partial charge in [-0.1, -0.05) is 0 Å². The van der Waals surface area contributed by atoms with Crippen molar-refractivity contribution in [3.8, 4) is 0 Å². The molecule has 0 aliphatic heterocycles. The van der Waals surface area contributed by atoms with Crippen LogP contribution in [0.2, 0.25) is 0 Å². The fraction of sp³-hybridized carbons (Fsp3) is 0. The number of nitrogens with zero attached hydrogens (tertiary/aromatic N) is 4. The molecule has 0 spiro atoms. The van der Waals surface area contributed by atoms with E-state index in [1.54, 1.807) is 0 Å². The quantitative estimate of drug-likeness (QED) is 0.315. The highest BCUT2D eigenvalue weighted by atomic mass is 32.2. The molecular weight excluding hydrogens is 448 g/mol. The molecule has 13 nitrogen and oxygen atoms in total. The molecule has 0 saturated carbocycles. The van der Waals surface area contributed by atoms with E-state index >= 15 is 0 Å². The van der Waals surface area contributed by atoms with E-state index < -0.39 is 20.0 Å². The van der Waals surface area contributed by atoms with E-state index in [1.165, 1.54) is 48.5 Å². The van der Waals surface area contributed by atoms with Gasteiger partial charge in [0.2, 0.25) is 31.3 Å². The molecule has 2 aromatic heterocycles. The molecule has 2 heterocycles. The fourth-order valence-corrected chi connectivity index (χ4v) is 3.57. The Morgan fingerprint density at radius 2 is 1.00 bits per heavy atom. The Kier molecular flexibility index (Phi) is 5.02. The maximum atomic E-state index is 11.4. The molecule has 4 rings (SSSR count). The van der Waals surface area contributed by atoms with Crippen LogP contribution in [0.15, 0.2) is 63.0 Å². The lowest BCUT2D eigenvalue weighted by Crippen LogP contribution is -2.12. The molecule has 0 radical (unpaired) electrons. The summed E-state index contributed by atoms with van der Waals surface area (Å²) in [6, 6.07) is 11.3. The van der Waals surface area contributed by atoms with E-state index in [1.807, 2.05) is 0 Å². The zero-order valence-corrected chi connectivity index (χ0v) is 17.1. The minimum Gasteiger partial charge on any atom is -0.337 e. The Balaban J connectivity index is 1.67. The molecule has 160 valence electrons. The first kappa shape index (κ1) is 20.6. The van der Waals surface area contributed by atoms with Gasteiger partial charge < -0.3 is 10.6 Å². The number of hydrogen-bond acceptors (Lipinski definition) is 11. The average Bonchev–Trinajstić information content (AvgIpc) is 3.15. The lowest BCUT2D eigenvalue weighted by Gasteiger charge is -2.12. The largest absolute Gasteiger partial charge is 0.337 e. The molecule has 0 amide bonds. The second-order valence-electron chi connectivity index (χ2n) is 6.22. The highest BCUT2D eigenvalue weighted by Crippen LogP contribution is 2.27. The maximum absolute atomic E-state index is 11.4. The third-order valence-electron chi connectivity index (χ3n) is 4.01. The Morgan fingerprint density at radius 3 is 1.32 bits per heavy atom. The Morgan fingerprint density at radius 1 is 0.645 bits per heavy atom. The average molecular weight is 462 g/mol. The van der Waals surface area contributed by atoms with Crippen molar-refractivity contribution in [2.24, 2.45) is 10.3 Å². The summed E-state index contributed by atoms with van der Waals surface area (Å²) in [6.07, 6.45) is 0. The normalized spacial score (nSPS) is 12.1. The molecule has 0 bridgehead atoms. The first-order valence-corrected chi connectivity index (χ1v) is 11.5. The second-order valence-corrected chi connectivity index (χ2v) is 9.34. The molecule has 2 aromatic carbocycles. The van der Waals surface area contributed by atoms with E-state index in [2.05, 4.69) is 35.5 Å². The van der Waals surface area contributed by atoms with Crippen LogP contribution in [0.5, 0.6) is 0 Å². The van der Waals surface area contributed by atoms with E-state index in [0.29, 0.717) is 11.4 Å². The second kappa shape index (κ2) is 7.55. The molecule has 31 heavy (non-hydrogen) atoms. The van der Waals surface area contributed by atoms with Crippen molar-refractivity contribution in [2.45, 2.75) is 9.79 Å². The SMILES string of the molecule is NS(=O)(=O)c1ccc(Nc2nc3nonc3nc2Nc2ccc(S(N)(=O)=O)cc2)cc1. The van der Waals surface area contributed by atoms with Gasteiger partial charge in [0, 0.05) is 11.4 Å². The Hall–Kier alpha value is -3.66. The number of primary sulfonamides is 2. The van der Waals surface area contributed by atoms with E-state index in [9.17, 15) is 16.8 Å².